The minimum atomic E-state index is -4.98. The van der Waals surface area contributed by atoms with Crippen LogP contribution in [0.2, 0.25) is 5.02 Å². The predicted molar refractivity (Wildman–Crippen MR) is 82.4 cm³/mol. The van der Waals surface area contributed by atoms with E-state index in [0.717, 1.165) is 23.5 Å². The smallest absolute Gasteiger partial charge is 0.366 e. The maximum Gasteiger partial charge on any atom is 0.417 e. The first kappa shape index (κ1) is 18.2. The highest BCUT2D eigenvalue weighted by Crippen LogP contribution is 2.42. The second-order valence-corrected chi connectivity index (χ2v) is 9.18. The van der Waals surface area contributed by atoms with Crippen molar-refractivity contribution < 1.29 is 26.4 Å². The summed E-state index contributed by atoms with van der Waals surface area (Å²) < 4.78 is 64.7. The lowest BCUT2D eigenvalue weighted by Crippen LogP contribution is -2.18. The minimum Gasteiger partial charge on any atom is -0.366 e. The second-order valence-electron chi connectivity index (χ2n) is 4.23. The van der Waals surface area contributed by atoms with Crippen molar-refractivity contribution in [1.82, 2.24) is 0 Å². The number of hydrogen-bond acceptors (Lipinski definition) is 4. The molecule has 0 aliphatic carbocycles. The average Bonchev–Trinajstić information content (AvgIpc) is 2.83. The summed E-state index contributed by atoms with van der Waals surface area (Å²) in [5, 5.41) is -0.850. The lowest BCUT2D eigenvalue weighted by molar-refractivity contribution is -0.139. The molecular weight excluding hydrogens is 443 g/mol. The Morgan fingerprint density at radius 2 is 1.83 bits per heavy atom. The Bertz CT molecular complexity index is 893. The summed E-state index contributed by atoms with van der Waals surface area (Å²) in [6.45, 7) is 0. The molecule has 0 radical (unpaired) electrons. The molecule has 1 heterocycles. The molecule has 0 atom stereocenters. The van der Waals surface area contributed by atoms with Crippen molar-refractivity contribution in [2.45, 2.75) is 15.3 Å². The first-order chi connectivity index (χ1) is 10.5. The molecule has 0 spiro atoms. The van der Waals surface area contributed by atoms with Crippen LogP contribution < -0.4 is 5.73 Å². The lowest BCUT2D eigenvalue weighted by atomic mass is 10.1. The molecule has 1 aromatic heterocycles. The number of thiophene rings is 1. The first-order valence-corrected chi connectivity index (χ1v) is 9.13. The number of carbonyl (C=O) groups is 1. The monoisotopic (exact) mass is 447 g/mol. The Kier molecular flexibility index (Phi) is 4.82. The minimum absolute atomic E-state index is 0.349. The fourth-order valence-corrected chi connectivity index (χ4v) is 6.00. The lowest BCUT2D eigenvalue weighted by Gasteiger charge is -2.15. The Labute approximate surface area is 146 Å². The number of carbonyl (C=O) groups excluding carboxylic acids is 1. The van der Waals surface area contributed by atoms with E-state index in [1.807, 2.05) is 0 Å². The number of hydrogen-bond donors (Lipinski definition) is 1. The van der Waals surface area contributed by atoms with E-state index in [1.54, 1.807) is 0 Å². The molecule has 1 aromatic carbocycles. The molecule has 0 saturated heterocycles. The Morgan fingerprint density at radius 1 is 1.22 bits per heavy atom. The Hall–Kier alpha value is -1.10. The molecule has 2 aromatic rings. The largest absolute Gasteiger partial charge is 0.417 e. The van der Waals surface area contributed by atoms with Gasteiger partial charge < -0.3 is 5.73 Å². The van der Waals surface area contributed by atoms with Crippen LogP contribution in [-0.2, 0) is 16.0 Å². The third-order valence-corrected chi connectivity index (χ3v) is 7.21. The van der Waals surface area contributed by atoms with Gasteiger partial charge >= 0.3 is 6.18 Å². The van der Waals surface area contributed by atoms with E-state index in [0.29, 0.717) is 9.85 Å². The predicted octanol–water partition coefficient (Wildman–Crippen LogP) is 4.11. The summed E-state index contributed by atoms with van der Waals surface area (Å²) in [7, 11) is -4.59. The van der Waals surface area contributed by atoms with E-state index >= 15 is 0 Å². The molecule has 2 rings (SSSR count). The molecule has 0 aliphatic heterocycles. The van der Waals surface area contributed by atoms with Crippen molar-refractivity contribution in [2.24, 2.45) is 5.73 Å². The van der Waals surface area contributed by atoms with Crippen LogP contribution in [0.1, 0.15) is 15.9 Å². The van der Waals surface area contributed by atoms with Gasteiger partial charge in [0.15, 0.2) is 0 Å². The fourth-order valence-electron chi connectivity index (χ4n) is 1.78. The van der Waals surface area contributed by atoms with Crippen LogP contribution >= 0.6 is 38.9 Å². The third kappa shape index (κ3) is 3.39. The SMILES string of the molecule is NC(=O)c1ccc(C(F)(F)F)c(S(=O)(=O)c2ccc(Br)s2)c1Cl. The molecular formula is C12H6BrClF3NO3S2. The molecule has 1 amide bonds. The maximum atomic E-state index is 13.2. The molecule has 23 heavy (non-hydrogen) atoms. The van der Waals surface area contributed by atoms with Gasteiger partial charge in [-0.05, 0) is 40.2 Å². The number of nitrogens with two attached hydrogens (primary N) is 1. The Morgan fingerprint density at radius 3 is 2.26 bits per heavy atom. The van der Waals surface area contributed by atoms with Crippen LogP contribution in [0.15, 0.2) is 37.2 Å². The molecule has 0 saturated carbocycles. The van der Waals surface area contributed by atoms with Crippen LogP contribution in [0, 0.1) is 0 Å². The summed E-state index contributed by atoms with van der Waals surface area (Å²) in [4.78, 5) is 10.1. The molecule has 11 heteroatoms. The van der Waals surface area contributed by atoms with E-state index < -0.39 is 43.0 Å². The van der Waals surface area contributed by atoms with Crippen LogP contribution in [0.5, 0.6) is 0 Å². The van der Waals surface area contributed by atoms with Crippen LogP contribution in [-0.4, -0.2) is 14.3 Å². The standard InChI is InChI=1S/C12H6BrClF3NO3S2/c13-7-3-4-8(22-7)23(20,21)10-6(12(15,16)17)2-1-5(9(10)14)11(18)19/h1-4H,(H2,18,19). The van der Waals surface area contributed by atoms with Gasteiger partial charge in [0, 0.05) is 0 Å². The number of sulfone groups is 1. The molecule has 0 fully saturated rings. The van der Waals surface area contributed by atoms with E-state index in [2.05, 4.69) is 15.9 Å². The highest BCUT2D eigenvalue weighted by Gasteiger charge is 2.40. The van der Waals surface area contributed by atoms with Gasteiger partial charge in [-0.25, -0.2) is 8.42 Å². The molecule has 2 N–H and O–H groups in total. The Balaban J connectivity index is 2.88. The topological polar surface area (TPSA) is 77.2 Å². The van der Waals surface area contributed by atoms with E-state index in [4.69, 9.17) is 17.3 Å². The van der Waals surface area contributed by atoms with Gasteiger partial charge in [0.25, 0.3) is 0 Å². The first-order valence-electron chi connectivity index (χ1n) is 5.66. The summed E-state index contributed by atoms with van der Waals surface area (Å²) in [6, 6.07) is 3.73. The van der Waals surface area contributed by atoms with Gasteiger partial charge in [-0.15, -0.1) is 11.3 Å². The van der Waals surface area contributed by atoms with Gasteiger partial charge in [-0.3, -0.25) is 4.79 Å². The van der Waals surface area contributed by atoms with Gasteiger partial charge in [0.1, 0.15) is 9.10 Å². The van der Waals surface area contributed by atoms with Crippen molar-refractivity contribution in [2.75, 3.05) is 0 Å². The number of amides is 1. The second kappa shape index (κ2) is 6.08. The van der Waals surface area contributed by atoms with Crippen molar-refractivity contribution in [3.8, 4) is 0 Å². The number of rotatable bonds is 3. The molecule has 124 valence electrons. The van der Waals surface area contributed by atoms with Crippen molar-refractivity contribution >= 4 is 54.6 Å². The van der Waals surface area contributed by atoms with Gasteiger partial charge in [0.2, 0.25) is 15.7 Å². The highest BCUT2D eigenvalue weighted by molar-refractivity contribution is 9.11. The molecule has 4 nitrogen and oxygen atoms in total. The van der Waals surface area contributed by atoms with Crippen molar-refractivity contribution in [3.63, 3.8) is 0 Å². The van der Waals surface area contributed by atoms with E-state index in [9.17, 15) is 26.4 Å². The normalized spacial score (nSPS) is 12.4. The van der Waals surface area contributed by atoms with E-state index in [1.165, 1.54) is 6.07 Å². The van der Waals surface area contributed by atoms with Crippen LogP contribution in [0.4, 0.5) is 13.2 Å². The highest BCUT2D eigenvalue weighted by atomic mass is 79.9. The molecule has 0 bridgehead atoms. The summed E-state index contributed by atoms with van der Waals surface area (Å²) in [5.41, 5.74) is 3.06. The summed E-state index contributed by atoms with van der Waals surface area (Å²) in [5.74, 6) is -1.13. The van der Waals surface area contributed by atoms with Crippen molar-refractivity contribution in [1.29, 1.82) is 0 Å². The van der Waals surface area contributed by atoms with Crippen molar-refractivity contribution in [3.05, 3.63) is 44.2 Å². The fraction of sp³-hybridized carbons (Fsp3) is 0.0833. The van der Waals surface area contributed by atoms with Gasteiger partial charge in [-0.1, -0.05) is 11.6 Å². The number of halogens is 5. The summed E-state index contributed by atoms with van der Waals surface area (Å²) >= 11 is 9.52. The zero-order valence-electron chi connectivity index (χ0n) is 10.8. The average molecular weight is 449 g/mol. The number of primary amides is 1. The maximum absolute atomic E-state index is 13.2. The number of benzene rings is 1. The van der Waals surface area contributed by atoms with Gasteiger partial charge in [-0.2, -0.15) is 13.2 Å². The molecule has 0 unspecified atom stereocenters. The van der Waals surface area contributed by atoms with Gasteiger partial charge in [0.05, 0.1) is 19.9 Å². The molecule has 0 aliphatic rings. The van der Waals surface area contributed by atoms with E-state index in [-0.39, 0.29) is 4.21 Å². The third-order valence-electron chi connectivity index (χ3n) is 2.75. The zero-order valence-corrected chi connectivity index (χ0v) is 14.8. The van der Waals surface area contributed by atoms with Crippen LogP contribution in [0.25, 0.3) is 0 Å². The zero-order chi connectivity index (χ0) is 17.6. The number of alkyl halides is 3. The van der Waals surface area contributed by atoms with Crippen LogP contribution in [0.3, 0.4) is 0 Å². The summed E-state index contributed by atoms with van der Waals surface area (Å²) in [6.07, 6.45) is -4.98. The quantitative estimate of drug-likeness (QED) is 0.767.